The molecule has 2 aliphatic rings. The SMILES string of the molecule is C/C(=C\c1ccc2c(C(C)C3CCCC3)[nH]nc2c1)C(=O)N1C(=O)OC[C@H]1c1ccccc1. The number of fused-ring (bicyclic) bond motifs is 1. The highest BCUT2D eigenvalue weighted by atomic mass is 16.6. The summed E-state index contributed by atoms with van der Waals surface area (Å²) >= 11 is 0. The van der Waals surface area contributed by atoms with Gasteiger partial charge in [0.25, 0.3) is 5.91 Å². The molecule has 0 bridgehead atoms. The summed E-state index contributed by atoms with van der Waals surface area (Å²) in [5.41, 5.74) is 4.33. The molecule has 2 atom stereocenters. The van der Waals surface area contributed by atoms with E-state index in [9.17, 15) is 9.59 Å². The molecule has 2 heterocycles. The minimum atomic E-state index is -0.602. The third-order valence-electron chi connectivity index (χ3n) is 7.17. The first-order valence-electron chi connectivity index (χ1n) is 11.7. The number of nitrogens with one attached hydrogen (secondary N) is 1. The summed E-state index contributed by atoms with van der Waals surface area (Å²) in [5, 5.41) is 8.94. The van der Waals surface area contributed by atoms with Crippen LogP contribution in [-0.4, -0.2) is 33.7 Å². The predicted molar refractivity (Wildman–Crippen MR) is 127 cm³/mol. The van der Waals surface area contributed by atoms with Crippen LogP contribution in [0.15, 0.2) is 54.1 Å². The van der Waals surface area contributed by atoms with Crippen molar-refractivity contribution in [2.45, 2.75) is 51.5 Å². The number of benzene rings is 2. The van der Waals surface area contributed by atoms with Crippen molar-refractivity contribution in [2.24, 2.45) is 5.92 Å². The number of imide groups is 1. The van der Waals surface area contributed by atoms with Crippen molar-refractivity contribution < 1.29 is 14.3 Å². The van der Waals surface area contributed by atoms with E-state index in [1.807, 2.05) is 48.5 Å². The van der Waals surface area contributed by atoms with Crippen molar-refractivity contribution in [3.8, 4) is 0 Å². The maximum Gasteiger partial charge on any atom is 0.417 e. The average molecular weight is 444 g/mol. The van der Waals surface area contributed by atoms with Crippen molar-refractivity contribution in [1.82, 2.24) is 15.1 Å². The number of carbonyl (C=O) groups excluding carboxylic acids is 2. The van der Waals surface area contributed by atoms with E-state index in [1.54, 1.807) is 6.92 Å². The molecule has 1 N–H and O–H groups in total. The monoisotopic (exact) mass is 443 g/mol. The van der Waals surface area contributed by atoms with Crippen LogP contribution in [0.2, 0.25) is 0 Å². The van der Waals surface area contributed by atoms with Crippen molar-refractivity contribution in [3.05, 3.63) is 70.9 Å². The second-order valence-electron chi connectivity index (χ2n) is 9.25. The predicted octanol–water partition coefficient (Wildman–Crippen LogP) is 5.98. The maximum absolute atomic E-state index is 13.2. The third kappa shape index (κ3) is 4.06. The highest BCUT2D eigenvalue weighted by Gasteiger charge is 2.39. The quantitative estimate of drug-likeness (QED) is 0.492. The lowest BCUT2D eigenvalue weighted by molar-refractivity contribution is -0.125. The van der Waals surface area contributed by atoms with Crippen molar-refractivity contribution in [3.63, 3.8) is 0 Å². The second-order valence-corrected chi connectivity index (χ2v) is 9.25. The van der Waals surface area contributed by atoms with Crippen LogP contribution in [0.5, 0.6) is 0 Å². The van der Waals surface area contributed by atoms with E-state index in [0.717, 1.165) is 22.0 Å². The molecule has 3 aromatic rings. The van der Waals surface area contributed by atoms with Gasteiger partial charge in [0.15, 0.2) is 0 Å². The van der Waals surface area contributed by atoms with E-state index in [4.69, 9.17) is 4.74 Å². The van der Waals surface area contributed by atoms with Crippen LogP contribution in [0, 0.1) is 5.92 Å². The summed E-state index contributed by atoms with van der Waals surface area (Å²) in [7, 11) is 0. The van der Waals surface area contributed by atoms with E-state index in [0.29, 0.717) is 17.4 Å². The van der Waals surface area contributed by atoms with Crippen molar-refractivity contribution >= 4 is 29.0 Å². The Balaban J connectivity index is 1.38. The first-order valence-corrected chi connectivity index (χ1v) is 11.7. The van der Waals surface area contributed by atoms with Crippen LogP contribution >= 0.6 is 0 Å². The molecular weight excluding hydrogens is 414 g/mol. The van der Waals surface area contributed by atoms with Crippen LogP contribution < -0.4 is 0 Å². The Kier molecular flexibility index (Phi) is 5.75. The van der Waals surface area contributed by atoms with Gasteiger partial charge in [-0.15, -0.1) is 0 Å². The number of carbonyl (C=O) groups is 2. The molecule has 6 nitrogen and oxygen atoms in total. The summed E-state index contributed by atoms with van der Waals surface area (Å²) in [6.07, 6.45) is 6.41. The van der Waals surface area contributed by atoms with Gasteiger partial charge in [0.05, 0.1) is 5.52 Å². The first-order chi connectivity index (χ1) is 16.0. The minimum Gasteiger partial charge on any atom is -0.446 e. The van der Waals surface area contributed by atoms with Crippen LogP contribution in [0.3, 0.4) is 0 Å². The fourth-order valence-electron chi connectivity index (χ4n) is 5.25. The van der Waals surface area contributed by atoms with E-state index in [2.05, 4.69) is 23.2 Å². The minimum absolute atomic E-state index is 0.170. The third-order valence-corrected chi connectivity index (χ3v) is 7.17. The molecule has 170 valence electrons. The summed E-state index contributed by atoms with van der Waals surface area (Å²) < 4.78 is 5.20. The molecule has 1 saturated carbocycles. The fraction of sp³-hybridized carbons (Fsp3) is 0.370. The molecule has 1 aliphatic carbocycles. The van der Waals surface area contributed by atoms with Crippen LogP contribution in [-0.2, 0) is 9.53 Å². The normalized spacial score (nSPS) is 20.4. The molecule has 1 aromatic heterocycles. The molecule has 5 rings (SSSR count). The van der Waals surface area contributed by atoms with Gasteiger partial charge in [-0.1, -0.05) is 62.2 Å². The van der Waals surface area contributed by atoms with Gasteiger partial charge in [-0.2, -0.15) is 5.10 Å². The molecule has 33 heavy (non-hydrogen) atoms. The standard InChI is InChI=1S/C27H29N3O3/c1-17(26(31)30-24(16-33-27(30)32)21-10-4-3-5-11-21)14-19-12-13-22-23(15-19)28-29-25(22)18(2)20-8-6-7-9-20/h3-5,10-15,18,20,24H,6-9,16H2,1-2H3,(H,28,29)/b17-14+/t18?,24-/m0/s1. The second kappa shape index (κ2) is 8.85. The summed E-state index contributed by atoms with van der Waals surface area (Å²) in [4.78, 5) is 26.7. The molecule has 2 amide bonds. The van der Waals surface area contributed by atoms with E-state index in [1.165, 1.54) is 36.3 Å². The van der Waals surface area contributed by atoms with Crippen molar-refractivity contribution in [1.29, 1.82) is 0 Å². The number of aromatic amines is 1. The zero-order chi connectivity index (χ0) is 22.9. The number of hydrogen-bond donors (Lipinski definition) is 1. The number of nitrogens with zero attached hydrogens (tertiary/aromatic N) is 2. The largest absolute Gasteiger partial charge is 0.446 e. The smallest absolute Gasteiger partial charge is 0.417 e. The van der Waals surface area contributed by atoms with E-state index < -0.39 is 12.1 Å². The molecule has 2 aromatic carbocycles. The van der Waals surface area contributed by atoms with Crippen LogP contribution in [0.1, 0.15) is 68.3 Å². The molecule has 0 spiro atoms. The number of amides is 2. The van der Waals surface area contributed by atoms with E-state index in [-0.39, 0.29) is 12.5 Å². The first kappa shape index (κ1) is 21.4. The Morgan fingerprint density at radius 3 is 2.70 bits per heavy atom. The zero-order valence-corrected chi connectivity index (χ0v) is 19.1. The Labute approximate surface area is 193 Å². The van der Waals surface area contributed by atoms with Gasteiger partial charge in [0.2, 0.25) is 0 Å². The molecule has 2 fully saturated rings. The van der Waals surface area contributed by atoms with Gasteiger partial charge in [0.1, 0.15) is 12.6 Å². The number of cyclic esters (lactones) is 1. The molecular formula is C27H29N3O3. The maximum atomic E-state index is 13.2. The lowest BCUT2D eigenvalue weighted by Gasteiger charge is -2.20. The highest BCUT2D eigenvalue weighted by Crippen LogP contribution is 2.38. The molecule has 1 unspecified atom stereocenters. The average Bonchev–Trinajstić information content (AvgIpc) is 3.58. The number of H-pyrrole nitrogens is 1. The van der Waals surface area contributed by atoms with Gasteiger partial charge in [0, 0.05) is 22.6 Å². The summed E-state index contributed by atoms with van der Waals surface area (Å²) in [6, 6.07) is 15.2. The lowest BCUT2D eigenvalue weighted by Crippen LogP contribution is -2.34. The van der Waals surface area contributed by atoms with E-state index >= 15 is 0 Å². The van der Waals surface area contributed by atoms with Crippen LogP contribution in [0.4, 0.5) is 4.79 Å². The molecule has 1 aliphatic heterocycles. The number of rotatable bonds is 5. The Hall–Kier alpha value is -3.41. The zero-order valence-electron chi connectivity index (χ0n) is 19.1. The number of hydrogen-bond acceptors (Lipinski definition) is 4. The van der Waals surface area contributed by atoms with Gasteiger partial charge in [-0.05, 0) is 49.0 Å². The van der Waals surface area contributed by atoms with Gasteiger partial charge in [-0.3, -0.25) is 9.89 Å². The van der Waals surface area contributed by atoms with Gasteiger partial charge < -0.3 is 4.74 Å². The molecule has 6 heteroatoms. The summed E-state index contributed by atoms with van der Waals surface area (Å²) in [6.45, 7) is 4.19. The molecule has 1 saturated heterocycles. The molecule has 0 radical (unpaired) electrons. The highest BCUT2D eigenvalue weighted by molar-refractivity contribution is 6.06. The van der Waals surface area contributed by atoms with Crippen molar-refractivity contribution in [2.75, 3.05) is 6.61 Å². The Bertz CT molecular complexity index is 1210. The number of aromatic nitrogens is 2. The number of ether oxygens (including phenoxy) is 1. The fourth-order valence-corrected chi connectivity index (χ4v) is 5.25. The Morgan fingerprint density at radius 1 is 1.18 bits per heavy atom. The van der Waals surface area contributed by atoms with Crippen LogP contribution in [0.25, 0.3) is 17.0 Å². The van der Waals surface area contributed by atoms with Gasteiger partial charge >= 0.3 is 6.09 Å². The summed E-state index contributed by atoms with van der Waals surface area (Å²) in [5.74, 6) is 0.827. The van der Waals surface area contributed by atoms with Gasteiger partial charge in [-0.25, -0.2) is 9.69 Å². The lowest BCUT2D eigenvalue weighted by atomic mass is 9.88. The topological polar surface area (TPSA) is 75.3 Å². The Morgan fingerprint density at radius 2 is 1.94 bits per heavy atom.